The largest absolute Gasteiger partial charge is 0.464 e. The van der Waals surface area contributed by atoms with Crippen LogP contribution in [0.4, 0.5) is 26.9 Å². The Morgan fingerprint density at radius 2 is 1.74 bits per heavy atom. The van der Waals surface area contributed by atoms with E-state index in [0.29, 0.717) is 25.9 Å². The standard InChI is InChI=1S/C22H29N5O5.C20H23N5O5.C4H6.2H2/c1-4-7-8-13-32-21-24-19(23)18(27(29)30)20(25-21)26(22(28)31-6-3)15-17-12-9-11-16(14-17)10-5-2;1-2-29-20(26)24-13-15-10-7-9-14(12-15)8-5-3-4-6-11-30-19-22-17(21)16(25(27)28)18(24)23-19;1-3-4-2;;/h4-5,9,11-12,14,18-19H,1-2,6-8,10,13,15,23H2,3H3;3,5,7,9-10,12H,2,4,6,8,11,13H2,1H3,(H2,21,22,23);1-2H3;2*1H/b;5-3+;;;/i;;;2*1+1D. The Hall–Kier alpha value is -7.66. The lowest BCUT2D eigenvalue weighted by atomic mass is 10.1. The molecule has 3 aromatic rings. The van der Waals surface area contributed by atoms with Gasteiger partial charge in [0.15, 0.2) is 12.0 Å². The fourth-order valence-corrected chi connectivity index (χ4v) is 6.12. The van der Waals surface area contributed by atoms with Gasteiger partial charge in [0.2, 0.25) is 11.6 Å². The van der Waals surface area contributed by atoms with Gasteiger partial charge in [-0.25, -0.2) is 14.6 Å². The number of anilines is 2. The van der Waals surface area contributed by atoms with Crippen molar-refractivity contribution in [2.45, 2.75) is 91.5 Å². The molecule has 4 bridgehead atoms. The normalized spacial score (nSPS) is 15.9. The van der Waals surface area contributed by atoms with Crippen LogP contribution in [0.3, 0.4) is 0 Å². The summed E-state index contributed by atoms with van der Waals surface area (Å²) >= 11 is 0. The average Bonchev–Trinajstić information content (AvgIpc) is 3.35. The van der Waals surface area contributed by atoms with Crippen molar-refractivity contribution in [3.05, 3.63) is 128 Å². The first-order chi connectivity index (χ1) is 33.8. The summed E-state index contributed by atoms with van der Waals surface area (Å²) in [5.74, 6) is 4.54. The Morgan fingerprint density at radius 1 is 1.03 bits per heavy atom. The lowest BCUT2D eigenvalue weighted by molar-refractivity contribution is -0.507. The quantitative estimate of drug-likeness (QED) is 0.0574. The highest BCUT2D eigenvalue weighted by Crippen LogP contribution is 2.34. The summed E-state index contributed by atoms with van der Waals surface area (Å²) in [4.78, 5) is 66.1. The number of amidine groups is 2. The number of hydrogen-bond acceptors (Lipinski definition) is 16. The molecule has 356 valence electrons. The molecule has 20 heteroatoms. The van der Waals surface area contributed by atoms with E-state index in [1.54, 1.807) is 26.0 Å². The molecule has 2 aliphatic heterocycles. The molecular formula is C46H62N10O10. The van der Waals surface area contributed by atoms with Gasteiger partial charge in [0.25, 0.3) is 0 Å². The molecule has 0 radical (unpaired) electrons. The summed E-state index contributed by atoms with van der Waals surface area (Å²) < 4.78 is 41.3. The number of carbonyl (C=O) groups is 2. The third kappa shape index (κ3) is 16.5. The fourth-order valence-electron chi connectivity index (χ4n) is 6.12. The molecule has 66 heavy (non-hydrogen) atoms. The number of unbranched alkanes of at least 4 members (excludes halogenated alkanes) is 1. The maximum atomic E-state index is 12.8. The molecule has 0 aliphatic carbocycles. The van der Waals surface area contributed by atoms with Crippen molar-refractivity contribution < 1.29 is 44.3 Å². The zero-order chi connectivity index (χ0) is 52.4. The van der Waals surface area contributed by atoms with Crippen molar-refractivity contribution >= 4 is 41.4 Å². The lowest BCUT2D eigenvalue weighted by Gasteiger charge is -2.28. The molecular weight excluding hydrogens is 853 g/mol. The number of hydrogen-bond donors (Lipinski definition) is 2. The second-order valence-electron chi connectivity index (χ2n) is 14.1. The van der Waals surface area contributed by atoms with Crippen molar-refractivity contribution in [1.82, 2.24) is 14.9 Å². The van der Waals surface area contributed by atoms with E-state index in [2.05, 4.69) is 57.1 Å². The van der Waals surface area contributed by atoms with E-state index in [9.17, 15) is 29.8 Å². The maximum absolute atomic E-state index is 12.8. The van der Waals surface area contributed by atoms with Gasteiger partial charge in [-0.15, -0.1) is 25.0 Å². The van der Waals surface area contributed by atoms with Gasteiger partial charge in [-0.05, 0) is 88.5 Å². The molecule has 0 fully saturated rings. The predicted octanol–water partition coefficient (Wildman–Crippen LogP) is 7.98. The Morgan fingerprint density at radius 3 is 2.41 bits per heavy atom. The van der Waals surface area contributed by atoms with E-state index >= 15 is 0 Å². The van der Waals surface area contributed by atoms with Crippen LogP contribution in [0.15, 0.2) is 96.0 Å². The van der Waals surface area contributed by atoms with Gasteiger partial charge in [0.1, 0.15) is 0 Å². The van der Waals surface area contributed by atoms with Crippen LogP contribution < -0.4 is 21.1 Å². The van der Waals surface area contributed by atoms with E-state index in [1.807, 2.05) is 62.4 Å². The molecule has 5 rings (SSSR count). The third-order valence-corrected chi connectivity index (χ3v) is 9.19. The van der Waals surface area contributed by atoms with E-state index in [0.717, 1.165) is 51.3 Å². The summed E-state index contributed by atoms with van der Waals surface area (Å²) in [5.41, 5.74) is 14.8. The number of rotatable bonds is 12. The number of fused-ring (bicyclic) bond motifs is 4. The number of carbonyl (C=O) groups excluding carboxylic acids is 2. The second kappa shape index (κ2) is 28.2. The molecule has 2 aliphatic rings. The van der Waals surface area contributed by atoms with Crippen molar-refractivity contribution in [3.8, 4) is 17.9 Å². The Kier molecular flexibility index (Phi) is 21.1. The van der Waals surface area contributed by atoms with E-state index in [1.165, 1.54) is 0 Å². The smallest absolute Gasteiger partial charge is 0.415 e. The zero-order valence-corrected chi connectivity index (χ0v) is 37.8. The van der Waals surface area contributed by atoms with Crippen LogP contribution in [0, 0.1) is 32.1 Å². The maximum Gasteiger partial charge on any atom is 0.415 e. The van der Waals surface area contributed by atoms with Crippen LogP contribution >= 0.6 is 0 Å². The number of ether oxygens (including phenoxy) is 4. The first kappa shape index (κ1) is 49.4. The van der Waals surface area contributed by atoms with E-state index in [-0.39, 0.29) is 62.4 Å². The summed E-state index contributed by atoms with van der Waals surface area (Å²) in [5, 5.41) is 23.5. The van der Waals surface area contributed by atoms with Crippen LogP contribution in [0.25, 0.3) is 0 Å². The molecule has 4 N–H and O–H groups in total. The molecule has 0 spiro atoms. The topological polar surface area (TPSA) is 266 Å². The summed E-state index contributed by atoms with van der Waals surface area (Å²) in [6, 6.07) is 13.3. The minimum absolute atomic E-state index is 0.00343. The number of nitrogen functional groups attached to an aromatic ring is 1. The first-order valence-electron chi connectivity index (χ1n) is 23.2. The SMILES string of the molecule is C=CCCCOC1=NC(N)C([N+](=O)[O-])C(N(Cc2cccc(CC=C)c2)C(=O)OCC)=N1.CC#CC.CCOC(=O)N1Cc2cccc(c2)C/C=C/CCCOc2nc(N)c([N+](=O)[O-])c1n2.[2H][2H].[2H][2H]. The molecule has 20 nitrogen and oxygen atoms in total. The van der Waals surface area contributed by atoms with Gasteiger partial charge >= 0.3 is 35.9 Å². The highest BCUT2D eigenvalue weighted by Gasteiger charge is 2.44. The highest BCUT2D eigenvalue weighted by molar-refractivity contribution is 6.05. The van der Waals surface area contributed by atoms with Gasteiger partial charge in [0.05, 0.1) is 44.4 Å². The van der Waals surface area contributed by atoms with Crippen LogP contribution in [0.2, 0.25) is 0 Å². The first-order valence-corrected chi connectivity index (χ1v) is 21.2. The highest BCUT2D eigenvalue weighted by atomic mass is 16.6. The van der Waals surface area contributed by atoms with Crippen LogP contribution in [0.5, 0.6) is 6.01 Å². The molecule has 2 atom stereocenters. The van der Waals surface area contributed by atoms with Crippen LogP contribution in [-0.4, -0.2) is 87.4 Å². The molecule has 2 amide bonds. The van der Waals surface area contributed by atoms with Gasteiger partial charge in [-0.3, -0.25) is 30.0 Å². The molecule has 1 aromatic heterocycles. The van der Waals surface area contributed by atoms with Crippen molar-refractivity contribution in [2.24, 2.45) is 15.7 Å². The molecule has 0 saturated carbocycles. The number of aliphatic imine (C=N–C) groups is 2. The third-order valence-electron chi connectivity index (χ3n) is 9.19. The second-order valence-corrected chi connectivity index (χ2v) is 14.1. The zero-order valence-electron chi connectivity index (χ0n) is 41.8. The lowest BCUT2D eigenvalue weighted by Crippen LogP contribution is -2.55. The van der Waals surface area contributed by atoms with Gasteiger partial charge in [0, 0.05) is 10.9 Å². The van der Waals surface area contributed by atoms with Crippen molar-refractivity contribution in [1.29, 1.82) is 0 Å². The predicted molar refractivity (Wildman–Crippen MR) is 256 cm³/mol. The van der Waals surface area contributed by atoms with Crippen molar-refractivity contribution in [3.63, 3.8) is 0 Å². The monoisotopic (exact) mass is 918 g/mol. The minimum atomic E-state index is -1.53. The van der Waals surface area contributed by atoms with Crippen LogP contribution in [0.1, 0.15) is 81.6 Å². The molecule has 2 aromatic carbocycles. The number of benzene rings is 2. The van der Waals surface area contributed by atoms with Gasteiger partial charge < -0.3 is 30.4 Å². The number of nitrogens with two attached hydrogens (primary N) is 2. The number of nitrogens with zero attached hydrogens (tertiary/aromatic N) is 8. The number of aromatic nitrogens is 2. The summed E-state index contributed by atoms with van der Waals surface area (Å²) in [6.07, 6.45) is 9.10. The molecule has 2 unspecified atom stereocenters. The van der Waals surface area contributed by atoms with Crippen LogP contribution in [-0.2, 0) is 40.1 Å². The number of allylic oxidation sites excluding steroid dienone is 4. The van der Waals surface area contributed by atoms with E-state index in [4.69, 9.17) is 36.4 Å². The van der Waals surface area contributed by atoms with Gasteiger partial charge in [-0.2, -0.15) is 15.0 Å². The fraction of sp³-hybridized carbons (Fsp3) is 0.391. The number of nitro groups is 2. The van der Waals surface area contributed by atoms with Crippen molar-refractivity contribution in [2.75, 3.05) is 37.1 Å². The average molecular weight is 919 g/mol. The summed E-state index contributed by atoms with van der Waals surface area (Å²) in [7, 11) is 0. The van der Waals surface area contributed by atoms with E-state index < -0.39 is 39.9 Å². The molecule has 3 heterocycles. The Bertz CT molecular complexity index is 2320. The summed E-state index contributed by atoms with van der Waals surface area (Å²) in [6.45, 7) is 15.1. The molecule has 0 saturated heterocycles. The minimum Gasteiger partial charge on any atom is -0.464 e. The Balaban J connectivity index is 0.000000610. The van der Waals surface area contributed by atoms with Gasteiger partial charge in [-0.1, -0.05) is 72.8 Å². The Labute approximate surface area is 390 Å². The number of amides is 2.